The van der Waals surface area contributed by atoms with Gasteiger partial charge in [0.2, 0.25) is 0 Å². The number of hydrogen-bond donors (Lipinski definition) is 1. The van der Waals surface area contributed by atoms with Crippen LogP contribution in [0, 0.1) is 0 Å². The number of ether oxygens (including phenoxy) is 2. The molecule has 1 saturated heterocycles. The molecule has 1 aliphatic heterocycles. The summed E-state index contributed by atoms with van der Waals surface area (Å²) in [6.07, 6.45) is 1.55. The lowest BCUT2D eigenvalue weighted by Crippen LogP contribution is -2.42. The second-order valence-electron chi connectivity index (χ2n) is 6.78. The predicted molar refractivity (Wildman–Crippen MR) is 102 cm³/mol. The van der Waals surface area contributed by atoms with Crippen molar-refractivity contribution in [2.45, 2.75) is 36.8 Å². The van der Waals surface area contributed by atoms with Gasteiger partial charge in [0.25, 0.3) is 0 Å². The third kappa shape index (κ3) is 4.19. The summed E-state index contributed by atoms with van der Waals surface area (Å²) in [7, 11) is 2.82. The molecule has 0 aliphatic carbocycles. The van der Waals surface area contributed by atoms with E-state index in [-0.39, 0.29) is 24.0 Å². The molecular formula is C22H25NO4. The van der Waals surface area contributed by atoms with Crippen molar-refractivity contribution in [2.75, 3.05) is 14.2 Å². The first kappa shape index (κ1) is 19.1. The van der Waals surface area contributed by atoms with Gasteiger partial charge in [0.15, 0.2) is 0 Å². The molecule has 4 atom stereocenters. The maximum absolute atomic E-state index is 12.5. The van der Waals surface area contributed by atoms with Crippen LogP contribution in [0.15, 0.2) is 60.7 Å². The van der Waals surface area contributed by atoms with Gasteiger partial charge in [0.05, 0.1) is 26.1 Å². The van der Waals surface area contributed by atoms with E-state index in [0.717, 1.165) is 24.0 Å². The summed E-state index contributed by atoms with van der Waals surface area (Å²) in [5, 5.41) is 3.52. The van der Waals surface area contributed by atoms with Crippen molar-refractivity contribution in [3.05, 3.63) is 71.8 Å². The molecule has 2 aromatic carbocycles. The molecule has 1 heterocycles. The van der Waals surface area contributed by atoms with E-state index in [1.807, 2.05) is 60.7 Å². The molecule has 0 aromatic heterocycles. The molecule has 3 rings (SSSR count). The van der Waals surface area contributed by atoms with Crippen LogP contribution in [0.3, 0.4) is 0 Å². The number of esters is 2. The Morgan fingerprint density at radius 2 is 1.15 bits per heavy atom. The first-order valence-electron chi connectivity index (χ1n) is 9.17. The highest BCUT2D eigenvalue weighted by Gasteiger charge is 2.41. The van der Waals surface area contributed by atoms with Crippen LogP contribution in [0.25, 0.3) is 0 Å². The van der Waals surface area contributed by atoms with Gasteiger partial charge in [-0.2, -0.15) is 0 Å². The molecule has 1 fully saturated rings. The third-order valence-corrected chi connectivity index (χ3v) is 5.25. The fraction of sp³-hybridized carbons (Fsp3) is 0.364. The van der Waals surface area contributed by atoms with Crippen LogP contribution in [-0.4, -0.2) is 38.2 Å². The highest BCUT2D eigenvalue weighted by atomic mass is 16.5. The Hall–Kier alpha value is -2.66. The van der Waals surface area contributed by atoms with Gasteiger partial charge in [0, 0.05) is 12.1 Å². The van der Waals surface area contributed by atoms with Crippen LogP contribution >= 0.6 is 0 Å². The summed E-state index contributed by atoms with van der Waals surface area (Å²) in [4.78, 5) is 25.0. The highest BCUT2D eigenvalue weighted by Crippen LogP contribution is 2.34. The molecule has 5 nitrogen and oxygen atoms in total. The molecule has 2 aromatic rings. The Bertz CT molecular complexity index is 697. The Labute approximate surface area is 159 Å². The molecule has 0 saturated carbocycles. The van der Waals surface area contributed by atoms with Crippen LogP contribution in [0.2, 0.25) is 0 Å². The average molecular weight is 367 g/mol. The topological polar surface area (TPSA) is 64.6 Å². The van der Waals surface area contributed by atoms with Gasteiger partial charge < -0.3 is 14.8 Å². The normalized spacial score (nSPS) is 21.3. The fourth-order valence-corrected chi connectivity index (χ4v) is 3.97. The fourth-order valence-electron chi connectivity index (χ4n) is 3.97. The molecule has 2 unspecified atom stereocenters. The summed E-state index contributed by atoms with van der Waals surface area (Å²) in [6, 6.07) is 19.1. The van der Waals surface area contributed by atoms with Crippen LogP contribution in [-0.2, 0) is 19.1 Å². The second-order valence-corrected chi connectivity index (χ2v) is 6.78. The van der Waals surface area contributed by atoms with E-state index in [0.29, 0.717) is 0 Å². The van der Waals surface area contributed by atoms with Crippen molar-refractivity contribution < 1.29 is 19.1 Å². The number of nitrogens with one attached hydrogen (secondary N) is 1. The number of carbonyl (C=O) groups excluding carboxylic acids is 2. The largest absolute Gasteiger partial charge is 0.469 e. The van der Waals surface area contributed by atoms with Gasteiger partial charge in [-0.05, 0) is 24.0 Å². The lowest BCUT2D eigenvalue weighted by atomic mass is 9.90. The van der Waals surface area contributed by atoms with Gasteiger partial charge in [-0.1, -0.05) is 60.7 Å². The van der Waals surface area contributed by atoms with E-state index in [9.17, 15) is 9.59 Å². The minimum atomic E-state index is -0.407. The van der Waals surface area contributed by atoms with E-state index in [1.165, 1.54) is 14.2 Å². The molecular weight excluding hydrogens is 342 g/mol. The summed E-state index contributed by atoms with van der Waals surface area (Å²) < 4.78 is 10.1. The average Bonchev–Trinajstić information content (AvgIpc) is 3.18. The van der Waals surface area contributed by atoms with Crippen LogP contribution in [0.5, 0.6) is 0 Å². The quantitative estimate of drug-likeness (QED) is 0.795. The number of methoxy groups -OCH3 is 2. The van der Waals surface area contributed by atoms with Gasteiger partial charge in [0.1, 0.15) is 0 Å². The molecule has 5 heteroatoms. The zero-order valence-electron chi connectivity index (χ0n) is 15.6. The van der Waals surface area contributed by atoms with E-state index in [4.69, 9.17) is 9.47 Å². The van der Waals surface area contributed by atoms with Gasteiger partial charge in [-0.25, -0.2) is 0 Å². The van der Waals surface area contributed by atoms with E-state index >= 15 is 0 Å². The standard InChI is InChI=1S/C22H25NO4/c1-26-21(24)19(15-9-5-3-6-10-15)17-13-14-18(23-17)20(22(25)27-2)16-11-7-4-8-12-16/h3-12,17-20,23H,13-14H2,1-2H3/t17-,18?,19+,20?/m1/s1. The van der Waals surface area contributed by atoms with Crippen molar-refractivity contribution in [1.29, 1.82) is 0 Å². The molecule has 0 spiro atoms. The minimum absolute atomic E-state index is 0.0966. The van der Waals surface area contributed by atoms with Crippen molar-refractivity contribution >= 4 is 11.9 Å². The maximum Gasteiger partial charge on any atom is 0.314 e. The third-order valence-electron chi connectivity index (χ3n) is 5.25. The summed E-state index contributed by atoms with van der Waals surface area (Å²) in [5.74, 6) is -1.35. The molecule has 1 N–H and O–H groups in total. The number of benzene rings is 2. The van der Waals surface area contributed by atoms with Crippen molar-refractivity contribution in [3.8, 4) is 0 Å². The molecule has 0 bridgehead atoms. The van der Waals surface area contributed by atoms with Crippen LogP contribution in [0.4, 0.5) is 0 Å². The van der Waals surface area contributed by atoms with Crippen molar-refractivity contribution in [1.82, 2.24) is 5.32 Å². The first-order chi connectivity index (χ1) is 13.2. The van der Waals surface area contributed by atoms with E-state index in [1.54, 1.807) is 0 Å². The van der Waals surface area contributed by atoms with Crippen LogP contribution < -0.4 is 5.32 Å². The molecule has 142 valence electrons. The Morgan fingerprint density at radius 3 is 1.48 bits per heavy atom. The molecule has 0 radical (unpaired) electrons. The van der Waals surface area contributed by atoms with E-state index < -0.39 is 11.8 Å². The second kappa shape index (κ2) is 8.82. The Morgan fingerprint density at radius 1 is 0.778 bits per heavy atom. The zero-order valence-corrected chi connectivity index (χ0v) is 15.6. The van der Waals surface area contributed by atoms with Gasteiger partial charge in [-0.15, -0.1) is 0 Å². The van der Waals surface area contributed by atoms with E-state index in [2.05, 4.69) is 5.32 Å². The highest BCUT2D eigenvalue weighted by molar-refractivity contribution is 5.80. The SMILES string of the molecule is COC(=O)C(c1ccccc1)C1CC[C@H]([C@@H](C(=O)OC)c2ccccc2)N1. The van der Waals surface area contributed by atoms with Crippen molar-refractivity contribution in [3.63, 3.8) is 0 Å². The first-order valence-corrected chi connectivity index (χ1v) is 9.17. The summed E-state index contributed by atoms with van der Waals surface area (Å²) >= 11 is 0. The zero-order chi connectivity index (χ0) is 19.2. The molecule has 27 heavy (non-hydrogen) atoms. The molecule has 0 amide bonds. The molecule has 1 aliphatic rings. The smallest absolute Gasteiger partial charge is 0.314 e. The number of rotatable bonds is 6. The number of hydrogen-bond acceptors (Lipinski definition) is 5. The summed E-state index contributed by atoms with van der Waals surface area (Å²) in [6.45, 7) is 0. The monoisotopic (exact) mass is 367 g/mol. The Kier molecular flexibility index (Phi) is 6.24. The lowest BCUT2D eigenvalue weighted by molar-refractivity contribution is -0.143. The minimum Gasteiger partial charge on any atom is -0.469 e. The predicted octanol–water partition coefficient (Wildman–Crippen LogP) is 3.02. The Balaban J connectivity index is 1.84. The maximum atomic E-state index is 12.5. The van der Waals surface area contributed by atoms with Crippen LogP contribution in [0.1, 0.15) is 35.8 Å². The summed E-state index contributed by atoms with van der Waals surface area (Å²) in [5.41, 5.74) is 1.83. The van der Waals surface area contributed by atoms with Crippen molar-refractivity contribution in [2.24, 2.45) is 0 Å². The van der Waals surface area contributed by atoms with Gasteiger partial charge >= 0.3 is 11.9 Å². The lowest BCUT2D eigenvalue weighted by Gasteiger charge is -2.26. The number of carbonyl (C=O) groups is 2. The van der Waals surface area contributed by atoms with Gasteiger partial charge in [-0.3, -0.25) is 9.59 Å².